The number of hydrogen-bond donors (Lipinski definition) is 2. The second-order valence-electron chi connectivity index (χ2n) is 5.86. The van der Waals surface area contributed by atoms with Crippen molar-refractivity contribution in [1.29, 1.82) is 0 Å². The Morgan fingerprint density at radius 2 is 1.19 bits per heavy atom. The summed E-state index contributed by atoms with van der Waals surface area (Å²) in [6, 6.07) is 20.9. The lowest BCUT2D eigenvalue weighted by molar-refractivity contribution is 0.193. The lowest BCUT2D eigenvalue weighted by Gasteiger charge is -2.38. The molecule has 0 unspecified atom stereocenters. The first-order valence-corrected chi connectivity index (χ1v) is 7.35. The number of carbonyl (C=O) groups is 1. The Morgan fingerprint density at radius 3 is 1.62 bits per heavy atom. The van der Waals surface area contributed by atoms with Crippen molar-refractivity contribution in [2.75, 3.05) is 13.1 Å². The van der Waals surface area contributed by atoms with Crippen LogP contribution in [0.4, 0.5) is 4.79 Å². The zero-order valence-electron chi connectivity index (χ0n) is 12.0. The van der Waals surface area contributed by atoms with Crippen molar-refractivity contribution < 1.29 is 4.79 Å². The summed E-state index contributed by atoms with van der Waals surface area (Å²) in [7, 11) is 0. The first-order chi connectivity index (χ1) is 10.3. The quantitative estimate of drug-likeness (QED) is 0.888. The monoisotopic (exact) mass is 280 g/mol. The summed E-state index contributed by atoms with van der Waals surface area (Å²) in [5, 5.41) is 5.93. The van der Waals surface area contributed by atoms with Crippen molar-refractivity contribution in [2.45, 2.75) is 12.8 Å². The maximum atomic E-state index is 11.4. The van der Waals surface area contributed by atoms with Crippen molar-refractivity contribution in [3.63, 3.8) is 0 Å². The second kappa shape index (κ2) is 6.00. The minimum absolute atomic E-state index is 0.0244. The number of nitrogens with one attached hydrogen (secondary N) is 2. The largest absolute Gasteiger partial charge is 0.338 e. The third-order valence-electron chi connectivity index (χ3n) is 4.09. The molecule has 21 heavy (non-hydrogen) atoms. The maximum absolute atomic E-state index is 11.4. The van der Waals surface area contributed by atoms with Crippen molar-refractivity contribution >= 4 is 6.03 Å². The molecule has 1 aliphatic rings. The van der Waals surface area contributed by atoms with Crippen LogP contribution >= 0.6 is 0 Å². The van der Waals surface area contributed by atoms with Crippen LogP contribution in [-0.2, 0) is 12.8 Å². The van der Waals surface area contributed by atoms with Crippen LogP contribution in [0.15, 0.2) is 60.7 Å². The van der Waals surface area contributed by atoms with Gasteiger partial charge in [-0.15, -0.1) is 0 Å². The van der Waals surface area contributed by atoms with Crippen LogP contribution in [0.5, 0.6) is 0 Å². The van der Waals surface area contributed by atoms with Crippen LogP contribution in [0.25, 0.3) is 0 Å². The average molecular weight is 280 g/mol. The van der Waals surface area contributed by atoms with E-state index in [-0.39, 0.29) is 11.4 Å². The fourth-order valence-corrected chi connectivity index (χ4v) is 3.03. The van der Waals surface area contributed by atoms with Crippen LogP contribution in [-0.4, -0.2) is 19.1 Å². The molecule has 3 heteroatoms. The van der Waals surface area contributed by atoms with Gasteiger partial charge in [-0.3, -0.25) is 0 Å². The number of urea groups is 1. The second-order valence-corrected chi connectivity index (χ2v) is 5.86. The minimum atomic E-state index is -0.0632. The van der Waals surface area contributed by atoms with Crippen molar-refractivity contribution in [3.05, 3.63) is 71.8 Å². The molecule has 0 bridgehead atoms. The zero-order valence-corrected chi connectivity index (χ0v) is 12.0. The Morgan fingerprint density at radius 1 is 0.762 bits per heavy atom. The van der Waals surface area contributed by atoms with Gasteiger partial charge in [0, 0.05) is 18.5 Å². The SMILES string of the molecule is O=C1NCC(Cc2ccccc2)(Cc2ccccc2)CN1. The Hall–Kier alpha value is -2.29. The van der Waals surface area contributed by atoms with Crippen LogP contribution < -0.4 is 10.6 Å². The van der Waals surface area contributed by atoms with Crippen molar-refractivity contribution in [2.24, 2.45) is 5.41 Å². The van der Waals surface area contributed by atoms with Crippen molar-refractivity contribution in [1.82, 2.24) is 10.6 Å². The van der Waals surface area contributed by atoms with Crippen LogP contribution in [0.2, 0.25) is 0 Å². The van der Waals surface area contributed by atoms with Gasteiger partial charge in [-0.1, -0.05) is 60.7 Å². The number of amides is 2. The lowest BCUT2D eigenvalue weighted by Crippen LogP contribution is -2.56. The highest BCUT2D eigenvalue weighted by atomic mass is 16.2. The van der Waals surface area contributed by atoms with Gasteiger partial charge in [0.25, 0.3) is 0 Å². The molecule has 2 N–H and O–H groups in total. The van der Waals surface area contributed by atoms with E-state index in [4.69, 9.17) is 0 Å². The summed E-state index contributed by atoms with van der Waals surface area (Å²) in [5.41, 5.74) is 2.65. The predicted octanol–water partition coefficient (Wildman–Crippen LogP) is 2.77. The summed E-state index contributed by atoms with van der Waals surface area (Å²) < 4.78 is 0. The van der Waals surface area contributed by atoms with Crippen molar-refractivity contribution in [3.8, 4) is 0 Å². The molecule has 2 amide bonds. The highest BCUT2D eigenvalue weighted by molar-refractivity contribution is 5.74. The van der Waals surface area contributed by atoms with E-state index in [1.165, 1.54) is 11.1 Å². The van der Waals surface area contributed by atoms with Crippen LogP contribution in [0, 0.1) is 5.41 Å². The number of rotatable bonds is 4. The van der Waals surface area contributed by atoms with Gasteiger partial charge < -0.3 is 10.6 Å². The van der Waals surface area contributed by atoms with Crippen LogP contribution in [0.3, 0.4) is 0 Å². The molecule has 0 aromatic heterocycles. The molecule has 1 aliphatic heterocycles. The molecule has 0 saturated carbocycles. The standard InChI is InChI=1S/C18H20N2O/c21-17-19-13-18(14-20-17,11-15-7-3-1-4-8-15)12-16-9-5-2-6-10-16/h1-10H,11-14H2,(H2,19,20,21). The first-order valence-electron chi connectivity index (χ1n) is 7.35. The summed E-state index contributed by atoms with van der Waals surface area (Å²) in [6.45, 7) is 1.42. The van der Waals surface area contributed by atoms with E-state index in [0.29, 0.717) is 13.1 Å². The molecule has 2 aromatic carbocycles. The third kappa shape index (κ3) is 3.43. The van der Waals surface area contributed by atoms with E-state index in [0.717, 1.165) is 12.8 Å². The van der Waals surface area contributed by atoms with Gasteiger partial charge in [0.1, 0.15) is 0 Å². The normalized spacial score (nSPS) is 16.9. The molecular formula is C18H20N2O. The number of benzene rings is 2. The Bertz CT molecular complexity index is 542. The fourth-order valence-electron chi connectivity index (χ4n) is 3.03. The molecular weight excluding hydrogens is 260 g/mol. The van der Waals surface area contributed by atoms with Gasteiger partial charge in [-0.25, -0.2) is 4.79 Å². The number of carbonyl (C=O) groups excluding carboxylic acids is 1. The molecule has 3 rings (SSSR count). The Kier molecular flexibility index (Phi) is 3.91. The van der Waals surface area contributed by atoms with E-state index < -0.39 is 0 Å². The lowest BCUT2D eigenvalue weighted by atomic mass is 9.75. The minimum Gasteiger partial charge on any atom is -0.338 e. The van der Waals surface area contributed by atoms with Gasteiger partial charge in [0.15, 0.2) is 0 Å². The molecule has 3 nitrogen and oxygen atoms in total. The molecule has 2 aromatic rings. The molecule has 0 radical (unpaired) electrons. The summed E-state index contributed by atoms with van der Waals surface area (Å²) in [4.78, 5) is 11.4. The smallest absolute Gasteiger partial charge is 0.314 e. The molecule has 0 spiro atoms. The van der Waals surface area contributed by atoms with Gasteiger partial charge in [0.05, 0.1) is 0 Å². The van der Waals surface area contributed by atoms with Gasteiger partial charge in [0.2, 0.25) is 0 Å². The van der Waals surface area contributed by atoms with Crippen LogP contribution in [0.1, 0.15) is 11.1 Å². The average Bonchev–Trinajstić information content (AvgIpc) is 2.52. The van der Waals surface area contributed by atoms with E-state index in [9.17, 15) is 4.79 Å². The third-order valence-corrected chi connectivity index (χ3v) is 4.09. The Labute approximate surface area is 125 Å². The molecule has 1 fully saturated rings. The van der Waals surface area contributed by atoms with E-state index in [1.807, 2.05) is 12.1 Å². The van der Waals surface area contributed by atoms with Gasteiger partial charge >= 0.3 is 6.03 Å². The molecule has 0 aliphatic carbocycles. The summed E-state index contributed by atoms with van der Waals surface area (Å²) in [6.07, 6.45) is 1.91. The summed E-state index contributed by atoms with van der Waals surface area (Å²) >= 11 is 0. The summed E-state index contributed by atoms with van der Waals surface area (Å²) in [5.74, 6) is 0. The maximum Gasteiger partial charge on any atom is 0.314 e. The Balaban J connectivity index is 1.82. The zero-order chi connectivity index (χ0) is 14.5. The van der Waals surface area contributed by atoms with Gasteiger partial charge in [-0.05, 0) is 24.0 Å². The number of hydrogen-bond acceptors (Lipinski definition) is 1. The molecule has 1 saturated heterocycles. The topological polar surface area (TPSA) is 41.1 Å². The highest BCUT2D eigenvalue weighted by Crippen LogP contribution is 2.28. The fraction of sp³-hybridized carbons (Fsp3) is 0.278. The molecule has 108 valence electrons. The highest BCUT2D eigenvalue weighted by Gasteiger charge is 2.34. The van der Waals surface area contributed by atoms with E-state index in [2.05, 4.69) is 59.2 Å². The first kappa shape index (κ1) is 13.7. The van der Waals surface area contributed by atoms with E-state index >= 15 is 0 Å². The van der Waals surface area contributed by atoms with Gasteiger partial charge in [-0.2, -0.15) is 0 Å². The predicted molar refractivity (Wildman–Crippen MR) is 84.1 cm³/mol. The molecule has 0 atom stereocenters. The van der Waals surface area contributed by atoms with E-state index in [1.54, 1.807) is 0 Å². The molecule has 1 heterocycles.